The summed E-state index contributed by atoms with van der Waals surface area (Å²) in [5.41, 5.74) is 2.66. The number of anilines is 1. The number of aliphatic carboxylic acids is 1. The number of nitrogens with zero attached hydrogens (tertiary/aromatic N) is 4. The monoisotopic (exact) mass is 284 g/mol. The lowest BCUT2D eigenvalue weighted by Gasteiger charge is -2.32. The van der Waals surface area contributed by atoms with E-state index < -0.39 is 5.97 Å². The maximum atomic E-state index is 11.1. The van der Waals surface area contributed by atoms with Crippen molar-refractivity contribution >= 4 is 22.7 Å². The van der Waals surface area contributed by atoms with Crippen LogP contribution in [0.15, 0.2) is 18.2 Å². The van der Waals surface area contributed by atoms with Gasteiger partial charge in [0, 0.05) is 18.8 Å². The van der Waals surface area contributed by atoms with Crippen LogP contribution in [0.1, 0.15) is 12.8 Å². The highest BCUT2D eigenvalue weighted by Crippen LogP contribution is 2.26. The third-order valence-corrected chi connectivity index (χ3v) is 3.87. The predicted octanol–water partition coefficient (Wildman–Crippen LogP) is 1.37. The highest BCUT2D eigenvalue weighted by atomic mass is 16.4. The van der Waals surface area contributed by atoms with Gasteiger partial charge < -0.3 is 10.0 Å². The molecular formula is C15H16N4O2. The lowest BCUT2D eigenvalue weighted by atomic mass is 9.98. The number of benzene rings is 1. The van der Waals surface area contributed by atoms with E-state index in [2.05, 4.69) is 21.1 Å². The second kappa shape index (κ2) is 5.44. The molecule has 0 aliphatic carbocycles. The molecule has 0 bridgehead atoms. The Morgan fingerprint density at radius 3 is 3.14 bits per heavy atom. The zero-order valence-corrected chi connectivity index (χ0v) is 11.6. The Morgan fingerprint density at radius 2 is 2.38 bits per heavy atom. The molecule has 21 heavy (non-hydrogen) atoms. The molecule has 1 aromatic carbocycles. The second-order valence-corrected chi connectivity index (χ2v) is 5.25. The highest BCUT2D eigenvalue weighted by molar-refractivity contribution is 5.79. The minimum Gasteiger partial charge on any atom is -0.481 e. The highest BCUT2D eigenvalue weighted by Gasteiger charge is 2.25. The molecule has 2 heterocycles. The molecule has 1 aliphatic heterocycles. The number of hydrogen-bond acceptors (Lipinski definition) is 4. The lowest BCUT2D eigenvalue weighted by Crippen LogP contribution is -2.38. The van der Waals surface area contributed by atoms with Gasteiger partial charge in [-0.1, -0.05) is 11.1 Å². The smallest absolute Gasteiger partial charge is 0.308 e. The third-order valence-electron chi connectivity index (χ3n) is 3.87. The molecule has 0 saturated carbocycles. The summed E-state index contributed by atoms with van der Waals surface area (Å²) in [7, 11) is 0. The fourth-order valence-electron chi connectivity index (χ4n) is 2.77. The molecule has 6 nitrogen and oxygen atoms in total. The summed E-state index contributed by atoms with van der Waals surface area (Å²) in [5.74, 6) is 1.52. The number of aromatic nitrogens is 3. The molecule has 0 radical (unpaired) electrons. The number of carboxylic acid groups (broad SMARTS) is 1. The van der Waals surface area contributed by atoms with Crippen LogP contribution in [0, 0.1) is 18.3 Å². The second-order valence-electron chi connectivity index (χ2n) is 5.25. The van der Waals surface area contributed by atoms with Crippen molar-refractivity contribution in [2.75, 3.05) is 18.0 Å². The van der Waals surface area contributed by atoms with E-state index in [1.165, 1.54) is 0 Å². The normalized spacial score (nSPS) is 18.6. The van der Waals surface area contributed by atoms with E-state index >= 15 is 0 Å². The molecule has 0 spiro atoms. The van der Waals surface area contributed by atoms with Crippen molar-refractivity contribution in [1.82, 2.24) is 15.0 Å². The molecule has 3 rings (SSSR count). The maximum Gasteiger partial charge on any atom is 0.308 e. The molecule has 2 aromatic rings. The first kappa shape index (κ1) is 13.4. The van der Waals surface area contributed by atoms with Crippen LogP contribution in [0.3, 0.4) is 0 Å². The molecular weight excluding hydrogens is 268 g/mol. The van der Waals surface area contributed by atoms with Crippen LogP contribution in [0.2, 0.25) is 0 Å². The molecule has 1 aliphatic rings. The predicted molar refractivity (Wildman–Crippen MR) is 78.9 cm³/mol. The first-order valence-corrected chi connectivity index (χ1v) is 6.93. The summed E-state index contributed by atoms with van der Waals surface area (Å²) in [6.45, 7) is 1.80. The minimum absolute atomic E-state index is 0.299. The number of terminal acetylenes is 1. The molecule has 6 heteroatoms. The first-order valence-electron chi connectivity index (χ1n) is 6.93. The van der Waals surface area contributed by atoms with Gasteiger partial charge >= 0.3 is 5.97 Å². The molecule has 1 N–H and O–H groups in total. The molecule has 1 atom stereocenters. The molecule has 1 saturated heterocycles. The van der Waals surface area contributed by atoms with E-state index in [0.29, 0.717) is 13.1 Å². The van der Waals surface area contributed by atoms with Crippen LogP contribution in [0.5, 0.6) is 0 Å². The number of rotatable bonds is 3. The van der Waals surface area contributed by atoms with Crippen molar-refractivity contribution < 1.29 is 9.90 Å². The van der Waals surface area contributed by atoms with E-state index in [0.717, 1.165) is 36.1 Å². The van der Waals surface area contributed by atoms with Crippen LogP contribution >= 0.6 is 0 Å². The summed E-state index contributed by atoms with van der Waals surface area (Å²) in [6.07, 6.45) is 6.93. The fourth-order valence-corrected chi connectivity index (χ4v) is 2.77. The van der Waals surface area contributed by atoms with E-state index in [1.807, 2.05) is 18.2 Å². The molecule has 1 aromatic heterocycles. The zero-order chi connectivity index (χ0) is 14.8. The van der Waals surface area contributed by atoms with E-state index in [4.69, 9.17) is 11.5 Å². The number of piperidine rings is 1. The zero-order valence-electron chi connectivity index (χ0n) is 11.6. The van der Waals surface area contributed by atoms with Crippen LogP contribution < -0.4 is 4.90 Å². The van der Waals surface area contributed by atoms with Gasteiger partial charge in [0.25, 0.3) is 0 Å². The molecule has 108 valence electrons. The summed E-state index contributed by atoms with van der Waals surface area (Å²) < 4.78 is 1.68. The number of carbonyl (C=O) groups is 1. The minimum atomic E-state index is -0.722. The SMILES string of the molecule is C#CCn1nnc2cc(N3CCCC(C(=O)O)C3)ccc21. The Kier molecular flexibility index (Phi) is 3.48. The van der Waals surface area contributed by atoms with Gasteiger partial charge in [0.15, 0.2) is 0 Å². The molecule has 1 fully saturated rings. The summed E-state index contributed by atoms with van der Waals surface area (Å²) >= 11 is 0. The summed E-state index contributed by atoms with van der Waals surface area (Å²) in [4.78, 5) is 13.2. The average Bonchev–Trinajstić information content (AvgIpc) is 2.90. The molecule has 0 amide bonds. The third kappa shape index (κ3) is 2.55. The summed E-state index contributed by atoms with van der Waals surface area (Å²) in [6, 6.07) is 5.86. The largest absolute Gasteiger partial charge is 0.481 e. The van der Waals surface area contributed by atoms with Crippen LogP contribution in [-0.2, 0) is 11.3 Å². The quantitative estimate of drug-likeness (QED) is 0.862. The Morgan fingerprint density at radius 1 is 1.52 bits per heavy atom. The number of carboxylic acids is 1. The van der Waals surface area contributed by atoms with Gasteiger partial charge in [0.2, 0.25) is 0 Å². The van der Waals surface area contributed by atoms with E-state index in [-0.39, 0.29) is 5.92 Å². The van der Waals surface area contributed by atoms with Gasteiger partial charge in [0.1, 0.15) is 12.1 Å². The average molecular weight is 284 g/mol. The standard InChI is InChI=1S/C15H16N4O2/c1-2-7-19-14-6-5-12(9-13(14)16-17-19)18-8-3-4-11(10-18)15(20)21/h1,5-6,9,11H,3-4,7-8,10H2,(H,20,21). The maximum absolute atomic E-state index is 11.1. The first-order chi connectivity index (χ1) is 10.2. The van der Waals surface area contributed by atoms with Crippen LogP contribution in [-0.4, -0.2) is 39.2 Å². The molecule has 1 unspecified atom stereocenters. The van der Waals surface area contributed by atoms with E-state index in [1.54, 1.807) is 4.68 Å². The Balaban J connectivity index is 1.87. The van der Waals surface area contributed by atoms with Crippen molar-refractivity contribution in [2.24, 2.45) is 5.92 Å². The number of fused-ring (bicyclic) bond motifs is 1. The van der Waals surface area contributed by atoms with Crippen molar-refractivity contribution in [3.8, 4) is 12.3 Å². The van der Waals surface area contributed by atoms with Crippen molar-refractivity contribution in [3.63, 3.8) is 0 Å². The topological polar surface area (TPSA) is 71.2 Å². The van der Waals surface area contributed by atoms with Gasteiger partial charge in [-0.25, -0.2) is 4.68 Å². The summed E-state index contributed by atoms with van der Waals surface area (Å²) in [5, 5.41) is 17.3. The Bertz CT molecular complexity index is 716. The van der Waals surface area contributed by atoms with E-state index in [9.17, 15) is 4.79 Å². The van der Waals surface area contributed by atoms with Gasteiger partial charge in [0.05, 0.1) is 11.4 Å². The Hall–Kier alpha value is -2.55. The Labute approximate surface area is 122 Å². The van der Waals surface area contributed by atoms with Gasteiger partial charge in [-0.15, -0.1) is 11.5 Å². The fraction of sp³-hybridized carbons (Fsp3) is 0.400. The van der Waals surface area contributed by atoms with Gasteiger partial charge in [-0.05, 0) is 31.0 Å². The number of hydrogen-bond donors (Lipinski definition) is 1. The van der Waals surface area contributed by atoms with Crippen LogP contribution in [0.25, 0.3) is 11.0 Å². The van der Waals surface area contributed by atoms with Gasteiger partial charge in [-0.3, -0.25) is 4.79 Å². The van der Waals surface area contributed by atoms with Gasteiger partial charge in [-0.2, -0.15) is 0 Å². The van der Waals surface area contributed by atoms with Crippen molar-refractivity contribution in [3.05, 3.63) is 18.2 Å². The van der Waals surface area contributed by atoms with Crippen LogP contribution in [0.4, 0.5) is 5.69 Å². The van der Waals surface area contributed by atoms with Crippen molar-refractivity contribution in [1.29, 1.82) is 0 Å². The lowest BCUT2D eigenvalue weighted by molar-refractivity contribution is -0.141. The van der Waals surface area contributed by atoms with Crippen molar-refractivity contribution in [2.45, 2.75) is 19.4 Å².